The highest BCUT2D eigenvalue weighted by Gasteiger charge is 2.47. The molecule has 1 unspecified atom stereocenters. The van der Waals surface area contributed by atoms with Crippen molar-refractivity contribution in [3.63, 3.8) is 0 Å². The van der Waals surface area contributed by atoms with Gasteiger partial charge in [-0.3, -0.25) is 0 Å². The van der Waals surface area contributed by atoms with E-state index in [1.165, 1.54) is 111 Å². The van der Waals surface area contributed by atoms with Gasteiger partial charge in [-0.05, 0) is 132 Å². The van der Waals surface area contributed by atoms with Crippen molar-refractivity contribution in [2.45, 2.75) is 11.3 Å². The molecule has 294 valence electrons. The van der Waals surface area contributed by atoms with Crippen LogP contribution in [0, 0.1) is 0 Å². The molecular formula is C62H41N. The Morgan fingerprint density at radius 3 is 1.68 bits per heavy atom. The van der Waals surface area contributed by atoms with E-state index in [1.54, 1.807) is 0 Å². The number of rotatable bonds is 6. The molecule has 0 amide bonds. The Hall–Kier alpha value is -8.00. The van der Waals surface area contributed by atoms with E-state index < -0.39 is 5.41 Å². The third-order valence-corrected chi connectivity index (χ3v) is 13.9. The zero-order valence-electron chi connectivity index (χ0n) is 34.6. The van der Waals surface area contributed by atoms with Crippen LogP contribution in [0.3, 0.4) is 0 Å². The fourth-order valence-electron chi connectivity index (χ4n) is 11.3. The quantitative estimate of drug-likeness (QED) is 0.158. The Morgan fingerprint density at radius 1 is 0.317 bits per heavy atom. The largest absolute Gasteiger partial charge is 0.309 e. The van der Waals surface area contributed by atoms with E-state index >= 15 is 0 Å². The molecule has 2 aliphatic rings. The minimum absolute atomic E-state index is 0.0694. The van der Waals surface area contributed by atoms with Crippen LogP contribution in [0.15, 0.2) is 243 Å². The van der Waals surface area contributed by atoms with E-state index in [4.69, 9.17) is 0 Å². The second-order valence-electron chi connectivity index (χ2n) is 17.2. The van der Waals surface area contributed by atoms with Gasteiger partial charge in [-0.2, -0.15) is 0 Å². The van der Waals surface area contributed by atoms with Crippen molar-refractivity contribution in [3.05, 3.63) is 282 Å². The summed E-state index contributed by atoms with van der Waals surface area (Å²) < 4.78 is 2.39. The monoisotopic (exact) mass is 799 g/mol. The van der Waals surface area contributed by atoms with Gasteiger partial charge in [-0.15, -0.1) is 0 Å². The lowest BCUT2D eigenvalue weighted by Gasteiger charge is -2.34. The molecule has 0 saturated heterocycles. The van der Waals surface area contributed by atoms with Crippen molar-refractivity contribution >= 4 is 21.8 Å². The van der Waals surface area contributed by atoms with Crippen molar-refractivity contribution in [1.29, 1.82) is 0 Å². The standard InChI is InChI=1S/C62H41N/c1-5-18-41(19-6-1)42-20-17-21-45(36-42)61-51-34-32-43(44-33-35-60-55(38-44)50-29-14-16-31-59(50)63(60)48-26-11-4-12-27-48)37-52(51)53-40-58-54(39-56(53)61)49-28-13-15-30-57(49)62(58,46-22-7-2-8-23-46)47-24-9-3-10-25-47/h1-40,61H. The van der Waals surface area contributed by atoms with Gasteiger partial charge in [0.15, 0.2) is 0 Å². The number of benzene rings is 10. The SMILES string of the molecule is c1ccc(-c2cccc(C3c4ccc(-c5ccc6c(c5)c5ccccc5n6-c5ccccc5)cc4-c4cc5c(cc43)-c3ccccc3C5(c3ccccc3)c3ccccc3)c2)cc1. The number of hydrogen-bond acceptors (Lipinski definition) is 0. The first-order valence-electron chi connectivity index (χ1n) is 22.0. The molecule has 0 bridgehead atoms. The molecule has 11 aromatic rings. The molecule has 13 rings (SSSR count). The molecule has 0 aliphatic heterocycles. The van der Waals surface area contributed by atoms with E-state index in [-0.39, 0.29) is 5.92 Å². The third kappa shape index (κ3) is 5.30. The molecule has 1 nitrogen and oxygen atoms in total. The molecule has 0 N–H and O–H groups in total. The molecular weight excluding hydrogens is 759 g/mol. The van der Waals surface area contributed by atoms with E-state index in [9.17, 15) is 0 Å². The molecule has 63 heavy (non-hydrogen) atoms. The Morgan fingerprint density at radius 2 is 0.905 bits per heavy atom. The van der Waals surface area contributed by atoms with Crippen LogP contribution in [0.5, 0.6) is 0 Å². The predicted octanol–water partition coefficient (Wildman–Crippen LogP) is 15.6. The van der Waals surface area contributed by atoms with Crippen LogP contribution >= 0.6 is 0 Å². The number of fused-ring (bicyclic) bond motifs is 9. The zero-order valence-corrected chi connectivity index (χ0v) is 34.6. The van der Waals surface area contributed by atoms with Crippen LogP contribution < -0.4 is 0 Å². The van der Waals surface area contributed by atoms with Crippen LogP contribution in [-0.4, -0.2) is 4.57 Å². The molecule has 0 saturated carbocycles. The Balaban J connectivity index is 1.06. The third-order valence-electron chi connectivity index (χ3n) is 13.9. The molecule has 1 atom stereocenters. The molecule has 1 heteroatoms. The summed E-state index contributed by atoms with van der Waals surface area (Å²) in [6.45, 7) is 0. The van der Waals surface area contributed by atoms with Crippen LogP contribution in [0.4, 0.5) is 0 Å². The second-order valence-corrected chi connectivity index (χ2v) is 17.2. The maximum absolute atomic E-state index is 2.57. The second kappa shape index (κ2) is 14.0. The van der Waals surface area contributed by atoms with Crippen LogP contribution in [0.1, 0.15) is 44.9 Å². The van der Waals surface area contributed by atoms with Crippen LogP contribution in [0.25, 0.3) is 72.0 Å². The molecule has 0 radical (unpaired) electrons. The van der Waals surface area contributed by atoms with E-state index in [0.29, 0.717) is 0 Å². The van der Waals surface area contributed by atoms with Gasteiger partial charge >= 0.3 is 0 Å². The summed E-state index contributed by atoms with van der Waals surface area (Å²) in [6, 6.07) is 90.4. The Labute approximate surface area is 367 Å². The van der Waals surface area contributed by atoms with E-state index in [0.717, 1.165) is 0 Å². The first-order valence-corrected chi connectivity index (χ1v) is 22.0. The average Bonchev–Trinajstić information content (AvgIpc) is 3.97. The number of hydrogen-bond donors (Lipinski definition) is 0. The molecule has 0 spiro atoms. The minimum Gasteiger partial charge on any atom is -0.309 e. The number of aromatic nitrogens is 1. The summed E-state index contributed by atoms with van der Waals surface area (Å²) in [7, 11) is 0. The lowest BCUT2D eigenvalue weighted by Crippen LogP contribution is -2.28. The van der Waals surface area contributed by atoms with E-state index in [1.807, 2.05) is 0 Å². The summed E-state index contributed by atoms with van der Waals surface area (Å²) in [5.41, 5.74) is 22.5. The fourth-order valence-corrected chi connectivity index (χ4v) is 11.3. The van der Waals surface area contributed by atoms with Crippen molar-refractivity contribution < 1.29 is 0 Å². The van der Waals surface area contributed by atoms with Gasteiger partial charge in [0.25, 0.3) is 0 Å². The lowest BCUT2D eigenvalue weighted by atomic mass is 9.67. The minimum atomic E-state index is -0.482. The summed E-state index contributed by atoms with van der Waals surface area (Å²) in [4.78, 5) is 0. The van der Waals surface area contributed by atoms with Crippen LogP contribution in [0.2, 0.25) is 0 Å². The van der Waals surface area contributed by atoms with Crippen molar-refractivity contribution in [2.75, 3.05) is 0 Å². The molecule has 0 fully saturated rings. The molecule has 1 aromatic heterocycles. The van der Waals surface area contributed by atoms with Gasteiger partial charge in [0.2, 0.25) is 0 Å². The van der Waals surface area contributed by atoms with Gasteiger partial charge in [0.05, 0.1) is 16.4 Å². The highest BCUT2D eigenvalue weighted by atomic mass is 15.0. The van der Waals surface area contributed by atoms with Crippen molar-refractivity contribution in [3.8, 4) is 50.2 Å². The normalized spacial score (nSPS) is 14.3. The molecule has 2 aliphatic carbocycles. The smallest absolute Gasteiger partial charge is 0.0713 e. The number of nitrogens with zero attached hydrogens (tertiary/aromatic N) is 1. The van der Waals surface area contributed by atoms with Gasteiger partial charge in [0, 0.05) is 22.4 Å². The highest BCUT2D eigenvalue weighted by Crippen LogP contribution is 2.60. The lowest BCUT2D eigenvalue weighted by molar-refractivity contribution is 0.768. The summed E-state index contributed by atoms with van der Waals surface area (Å²) in [6.07, 6.45) is 0. The average molecular weight is 800 g/mol. The molecule has 1 heterocycles. The maximum atomic E-state index is 2.57. The summed E-state index contributed by atoms with van der Waals surface area (Å²) in [5.74, 6) is 0.0694. The zero-order chi connectivity index (χ0) is 41.5. The highest BCUT2D eigenvalue weighted by molar-refractivity contribution is 6.10. The topological polar surface area (TPSA) is 4.93 Å². The fraction of sp³-hybridized carbons (Fsp3) is 0.0323. The maximum Gasteiger partial charge on any atom is 0.0713 e. The Bertz CT molecular complexity index is 3510. The van der Waals surface area contributed by atoms with Gasteiger partial charge < -0.3 is 4.57 Å². The van der Waals surface area contributed by atoms with Gasteiger partial charge in [0.1, 0.15) is 0 Å². The van der Waals surface area contributed by atoms with Gasteiger partial charge in [-0.1, -0.05) is 194 Å². The number of para-hydroxylation sites is 2. The first kappa shape index (κ1) is 35.7. The van der Waals surface area contributed by atoms with Crippen molar-refractivity contribution in [2.24, 2.45) is 0 Å². The summed E-state index contributed by atoms with van der Waals surface area (Å²) >= 11 is 0. The molecule has 10 aromatic carbocycles. The van der Waals surface area contributed by atoms with Crippen LogP contribution in [-0.2, 0) is 5.41 Å². The first-order chi connectivity index (χ1) is 31.3. The predicted molar refractivity (Wildman–Crippen MR) is 262 cm³/mol. The summed E-state index contributed by atoms with van der Waals surface area (Å²) in [5, 5.41) is 2.52. The Kier molecular flexibility index (Phi) is 7.95. The van der Waals surface area contributed by atoms with Gasteiger partial charge in [-0.25, -0.2) is 0 Å². The van der Waals surface area contributed by atoms with Crippen molar-refractivity contribution in [1.82, 2.24) is 4.57 Å². The van der Waals surface area contributed by atoms with E-state index in [2.05, 4.69) is 247 Å².